The lowest BCUT2D eigenvalue weighted by atomic mass is 9.88. The molecule has 0 aromatic carbocycles. The number of unbranched alkanes of at least 4 members (excludes halogenated alkanes) is 47. The Morgan fingerprint density at radius 2 is 0.475 bits per heavy atom. The minimum atomic E-state index is -0.00635. The molecule has 0 aliphatic carbocycles. The molecule has 0 saturated heterocycles. The lowest BCUT2D eigenvalue weighted by molar-refractivity contribution is -0.150. The van der Waals surface area contributed by atoms with E-state index in [1.54, 1.807) is 0 Å². The first kappa shape index (κ1) is 120. The zero-order valence-electron chi connectivity index (χ0n) is 83.5. The largest absolute Gasteiger partial charge is 0.465 e. The van der Waals surface area contributed by atoms with Crippen molar-refractivity contribution >= 4 is 23.9 Å². The number of hydrogen-bond donors (Lipinski definition) is 2. The zero-order valence-corrected chi connectivity index (χ0v) is 83.5. The summed E-state index contributed by atoms with van der Waals surface area (Å²) in [5, 5.41) is 18.5. The molecule has 726 valence electrons. The van der Waals surface area contributed by atoms with E-state index in [1.165, 1.54) is 321 Å². The molecule has 5 atom stereocenters. The number of ether oxygens (including phenoxy) is 4. The highest BCUT2D eigenvalue weighted by Gasteiger charge is 2.23. The number of carbonyl (C=O) groups is 4. The molecule has 0 spiro atoms. The van der Waals surface area contributed by atoms with Gasteiger partial charge in [0, 0.05) is 52.2 Å². The number of likely N-dealkylation sites (N-methyl/N-ethyl adjacent to an activating group) is 2. The number of rotatable bonds is 102. The van der Waals surface area contributed by atoms with Crippen LogP contribution in [0.5, 0.6) is 0 Å². The number of aliphatic hydroxyl groups is 2. The molecular weight excluding hydrogens is 1510 g/mol. The normalized spacial score (nSPS) is 13.1. The second-order valence-electron chi connectivity index (χ2n) is 38.7. The van der Waals surface area contributed by atoms with Crippen LogP contribution in [0, 0.1) is 29.6 Å². The quantitative estimate of drug-likeness (QED) is 0.0337. The van der Waals surface area contributed by atoms with E-state index < -0.39 is 0 Å². The third kappa shape index (κ3) is 83.3. The Morgan fingerprint density at radius 3 is 0.820 bits per heavy atom. The smallest absolute Gasteiger partial charge is 0.308 e. The summed E-state index contributed by atoms with van der Waals surface area (Å²) in [5.41, 5.74) is 0. The van der Waals surface area contributed by atoms with Gasteiger partial charge in [0.15, 0.2) is 0 Å². The zero-order chi connectivity index (χ0) is 89.0. The van der Waals surface area contributed by atoms with Gasteiger partial charge in [-0.2, -0.15) is 0 Å². The van der Waals surface area contributed by atoms with E-state index in [4.69, 9.17) is 18.9 Å². The first-order chi connectivity index (χ1) is 59.8. The van der Waals surface area contributed by atoms with E-state index in [0.29, 0.717) is 70.2 Å². The van der Waals surface area contributed by atoms with Gasteiger partial charge in [-0.15, -0.1) is 0 Å². The summed E-state index contributed by atoms with van der Waals surface area (Å²) in [4.78, 5) is 63.3. The third-order valence-electron chi connectivity index (χ3n) is 26.9. The number of hydrogen-bond acceptors (Lipinski definition) is 14. The van der Waals surface area contributed by atoms with Crippen LogP contribution in [-0.2, 0) is 38.1 Å². The van der Waals surface area contributed by atoms with Crippen molar-refractivity contribution in [2.24, 2.45) is 29.6 Å². The van der Waals surface area contributed by atoms with Crippen molar-refractivity contribution in [2.45, 2.75) is 524 Å². The molecule has 0 bridgehead atoms. The Labute approximate surface area is 760 Å². The van der Waals surface area contributed by atoms with Crippen molar-refractivity contribution in [3.63, 3.8) is 0 Å². The van der Waals surface area contributed by atoms with E-state index in [2.05, 4.69) is 82.2 Å². The first-order valence-electron chi connectivity index (χ1n) is 54.5. The molecule has 0 aromatic heterocycles. The molecule has 2 N–H and O–H groups in total. The molecule has 0 aromatic rings. The SMILES string of the molecule is CCCCCCCCC(CCCCCC)COC(=O)CCCCCCCN(CCCCCCCC(=O)OCC(CCCCCCCC)CCCC(CC)CCCCC(CCCCCC)C(=O)OCCCCCCCCCN(CCCCCCCCCOC(=O)C(CCCC)CCCCCC)CCN(C)CCCCCCO)CCN(C)CCCCCCO. The fraction of sp³-hybridized carbons (Fsp3) is 0.963. The molecule has 0 aliphatic heterocycles. The van der Waals surface area contributed by atoms with Gasteiger partial charge in [0.2, 0.25) is 0 Å². The molecule has 122 heavy (non-hydrogen) atoms. The average molecular weight is 1730 g/mol. The van der Waals surface area contributed by atoms with Gasteiger partial charge in [-0.1, -0.05) is 382 Å². The van der Waals surface area contributed by atoms with Gasteiger partial charge in [0.05, 0.1) is 38.3 Å². The molecule has 14 heteroatoms. The molecule has 0 heterocycles. The Balaban J connectivity index is 5.07. The molecule has 0 rings (SSSR count). The second-order valence-corrected chi connectivity index (χ2v) is 38.7. The maximum atomic E-state index is 13.7. The summed E-state index contributed by atoms with van der Waals surface area (Å²) in [6.07, 6.45) is 86.1. The van der Waals surface area contributed by atoms with E-state index >= 15 is 0 Å². The summed E-state index contributed by atoms with van der Waals surface area (Å²) in [7, 11) is 4.54. The Kier molecular flexibility index (Phi) is 94.3. The summed E-state index contributed by atoms with van der Waals surface area (Å²) in [6.45, 7) is 30.1. The van der Waals surface area contributed by atoms with Gasteiger partial charge in [-0.05, 0) is 200 Å². The lowest BCUT2D eigenvalue weighted by Gasteiger charge is -2.25. The fourth-order valence-corrected chi connectivity index (χ4v) is 18.1. The van der Waals surface area contributed by atoms with Gasteiger partial charge in [0.25, 0.3) is 0 Å². The van der Waals surface area contributed by atoms with Crippen molar-refractivity contribution < 1.29 is 48.3 Å². The molecule has 0 aliphatic rings. The molecular formula is C108H214N4O10. The van der Waals surface area contributed by atoms with Gasteiger partial charge >= 0.3 is 23.9 Å². The van der Waals surface area contributed by atoms with Crippen LogP contribution in [-0.4, -0.2) is 173 Å². The first-order valence-corrected chi connectivity index (χ1v) is 54.5. The minimum Gasteiger partial charge on any atom is -0.465 e. The molecule has 0 radical (unpaired) electrons. The van der Waals surface area contributed by atoms with Crippen molar-refractivity contribution in [1.29, 1.82) is 0 Å². The van der Waals surface area contributed by atoms with Gasteiger partial charge in [-0.3, -0.25) is 19.2 Å². The predicted octanol–water partition coefficient (Wildman–Crippen LogP) is 29.7. The van der Waals surface area contributed by atoms with E-state index in [-0.39, 0.29) is 35.7 Å². The van der Waals surface area contributed by atoms with Gasteiger partial charge in [-0.25, -0.2) is 0 Å². The van der Waals surface area contributed by atoms with Crippen molar-refractivity contribution in [2.75, 3.05) is 119 Å². The molecule has 5 unspecified atom stereocenters. The number of nitrogens with zero attached hydrogens (tertiary/aromatic N) is 4. The lowest BCUT2D eigenvalue weighted by Crippen LogP contribution is -2.35. The van der Waals surface area contributed by atoms with Crippen LogP contribution in [0.3, 0.4) is 0 Å². The Hall–Kier alpha value is -2.36. The van der Waals surface area contributed by atoms with E-state index in [1.807, 2.05) is 0 Å². The van der Waals surface area contributed by atoms with Crippen molar-refractivity contribution in [3.05, 3.63) is 0 Å². The van der Waals surface area contributed by atoms with Crippen LogP contribution in [0.1, 0.15) is 524 Å². The van der Waals surface area contributed by atoms with E-state index in [0.717, 1.165) is 206 Å². The standard InChI is InChI=1S/C108H214N4O10/c1-10-17-23-28-38-53-74-101(73-52-25-19-12-3)98-121-105(115)82-57-40-36-44-65-88-112(93-91-110(9)85-62-47-49-68-95-114)89-66-45-37-41-58-83-106(116)122-99-102(75-54-39-29-24-18-11-2)77-71-76-100(16-7)72-59-60-81-104(80-56-27-21-14-5)108(118)120-97-70-51-35-31-33-43-64-87-111(92-90-109(8)84-61-46-48-67-94-113)86-63-42-32-30-34-50-69-96-119-107(117)103(78-22-15-6)79-55-26-20-13-4/h100-104,113-114H,10-99H2,1-9H3. The second kappa shape index (κ2) is 96.2. The fourth-order valence-electron chi connectivity index (χ4n) is 18.1. The van der Waals surface area contributed by atoms with Crippen LogP contribution in [0.2, 0.25) is 0 Å². The molecule has 0 fully saturated rings. The summed E-state index contributed by atoms with van der Waals surface area (Å²) < 4.78 is 23.9. The van der Waals surface area contributed by atoms with Gasteiger partial charge in [0.1, 0.15) is 0 Å². The maximum Gasteiger partial charge on any atom is 0.308 e. The Morgan fingerprint density at radius 1 is 0.230 bits per heavy atom. The highest BCUT2D eigenvalue weighted by molar-refractivity contribution is 5.73. The van der Waals surface area contributed by atoms with Crippen LogP contribution in [0.15, 0.2) is 0 Å². The van der Waals surface area contributed by atoms with Crippen molar-refractivity contribution in [1.82, 2.24) is 19.6 Å². The molecule has 0 saturated carbocycles. The minimum absolute atomic E-state index is 0.00635. The molecule has 14 nitrogen and oxygen atoms in total. The maximum absolute atomic E-state index is 13.7. The monoisotopic (exact) mass is 1730 g/mol. The van der Waals surface area contributed by atoms with Crippen molar-refractivity contribution in [3.8, 4) is 0 Å². The predicted molar refractivity (Wildman–Crippen MR) is 525 cm³/mol. The molecule has 0 amide bonds. The third-order valence-corrected chi connectivity index (χ3v) is 26.9. The Bertz CT molecular complexity index is 2140. The van der Waals surface area contributed by atoms with E-state index in [9.17, 15) is 29.4 Å². The average Bonchev–Trinajstić information content (AvgIpc) is 0.941. The van der Waals surface area contributed by atoms with Crippen LogP contribution in [0.4, 0.5) is 0 Å². The van der Waals surface area contributed by atoms with Gasteiger partial charge < -0.3 is 48.8 Å². The summed E-state index contributed by atoms with van der Waals surface area (Å²) in [6, 6.07) is 0. The van der Waals surface area contributed by atoms with Crippen LogP contribution < -0.4 is 0 Å². The number of esters is 4. The highest BCUT2D eigenvalue weighted by atomic mass is 16.5. The topological polar surface area (TPSA) is 159 Å². The number of aliphatic hydroxyl groups excluding tert-OH is 2. The van der Waals surface area contributed by atoms with Crippen LogP contribution in [0.25, 0.3) is 0 Å². The highest BCUT2D eigenvalue weighted by Crippen LogP contribution is 2.29. The number of carbonyl (C=O) groups excluding carboxylic acids is 4. The summed E-state index contributed by atoms with van der Waals surface area (Å²) >= 11 is 0. The van der Waals surface area contributed by atoms with Crippen LogP contribution >= 0.6 is 0 Å². The summed E-state index contributed by atoms with van der Waals surface area (Å²) in [5.74, 6) is 1.88.